The lowest BCUT2D eigenvalue weighted by Gasteiger charge is -2.19. The Hall–Kier alpha value is -1.16. The molecule has 0 N–H and O–H groups in total. The molecule has 0 saturated heterocycles. The van der Waals surface area contributed by atoms with Gasteiger partial charge in [0.05, 0.1) is 5.56 Å². The van der Waals surface area contributed by atoms with E-state index in [1.807, 2.05) is 11.9 Å². The highest BCUT2D eigenvalue weighted by atomic mass is 35.5. The van der Waals surface area contributed by atoms with Crippen LogP contribution >= 0.6 is 11.6 Å². The molecule has 80 valence electrons. The third kappa shape index (κ3) is 1.95. The zero-order valence-corrected chi connectivity index (χ0v) is 9.45. The highest BCUT2D eigenvalue weighted by Gasteiger charge is 2.29. The molecule has 0 aromatic carbocycles. The summed E-state index contributed by atoms with van der Waals surface area (Å²) >= 11 is 5.89. The summed E-state index contributed by atoms with van der Waals surface area (Å²) in [5.74, 6) is 1.23. The molecule has 2 rings (SSSR count). The second-order valence-corrected chi connectivity index (χ2v) is 4.12. The molecule has 5 heteroatoms. The number of hydrogen-bond acceptors (Lipinski definition) is 4. The van der Waals surface area contributed by atoms with Crippen molar-refractivity contribution in [2.45, 2.75) is 25.8 Å². The maximum absolute atomic E-state index is 10.9. The number of aldehydes is 1. The lowest BCUT2D eigenvalue weighted by molar-refractivity contribution is 0.112. The van der Waals surface area contributed by atoms with E-state index < -0.39 is 0 Å². The van der Waals surface area contributed by atoms with Crippen LogP contribution in [0.4, 0.5) is 5.82 Å². The van der Waals surface area contributed by atoms with Gasteiger partial charge >= 0.3 is 0 Å². The highest BCUT2D eigenvalue weighted by molar-refractivity contribution is 6.32. The molecule has 0 unspecified atom stereocenters. The first-order valence-electron chi connectivity index (χ1n) is 4.85. The maximum Gasteiger partial charge on any atom is 0.156 e. The van der Waals surface area contributed by atoms with Gasteiger partial charge < -0.3 is 4.90 Å². The SMILES string of the molecule is Cc1nc(Cl)c(C=O)c(N(C)C2CC2)n1. The van der Waals surface area contributed by atoms with Crippen LogP contribution in [0.15, 0.2) is 0 Å². The molecule has 0 radical (unpaired) electrons. The fourth-order valence-corrected chi connectivity index (χ4v) is 1.79. The number of rotatable bonds is 3. The van der Waals surface area contributed by atoms with E-state index >= 15 is 0 Å². The van der Waals surface area contributed by atoms with Crippen LogP contribution in [-0.4, -0.2) is 29.3 Å². The largest absolute Gasteiger partial charge is 0.356 e. The summed E-state index contributed by atoms with van der Waals surface area (Å²) in [6.45, 7) is 1.77. The Bertz CT molecular complexity index is 404. The van der Waals surface area contributed by atoms with E-state index in [0.29, 0.717) is 23.2 Å². The Balaban J connectivity index is 2.46. The first-order chi connectivity index (χ1) is 7.13. The predicted octanol–water partition coefficient (Wildman–Crippen LogP) is 1.85. The van der Waals surface area contributed by atoms with Gasteiger partial charge in [-0.25, -0.2) is 9.97 Å². The number of aromatic nitrogens is 2. The smallest absolute Gasteiger partial charge is 0.156 e. The van der Waals surface area contributed by atoms with Crippen LogP contribution in [0.1, 0.15) is 29.0 Å². The van der Waals surface area contributed by atoms with Crippen molar-refractivity contribution >= 4 is 23.7 Å². The Morgan fingerprint density at radius 2 is 2.13 bits per heavy atom. The summed E-state index contributed by atoms with van der Waals surface area (Å²) in [7, 11) is 1.93. The van der Waals surface area contributed by atoms with E-state index in [9.17, 15) is 4.79 Å². The van der Waals surface area contributed by atoms with E-state index in [2.05, 4.69) is 9.97 Å². The van der Waals surface area contributed by atoms with Crippen molar-refractivity contribution in [2.24, 2.45) is 0 Å². The third-order valence-corrected chi connectivity index (χ3v) is 2.83. The van der Waals surface area contributed by atoms with Crippen molar-refractivity contribution in [3.8, 4) is 0 Å². The molecule has 1 aliphatic rings. The first-order valence-corrected chi connectivity index (χ1v) is 5.23. The molecule has 1 aromatic heterocycles. The van der Waals surface area contributed by atoms with Crippen LogP contribution in [-0.2, 0) is 0 Å². The van der Waals surface area contributed by atoms with Crippen molar-refractivity contribution in [3.63, 3.8) is 0 Å². The van der Waals surface area contributed by atoms with Crippen molar-refractivity contribution < 1.29 is 4.79 Å². The molecule has 15 heavy (non-hydrogen) atoms. The van der Waals surface area contributed by atoms with Crippen LogP contribution in [0.3, 0.4) is 0 Å². The molecule has 1 saturated carbocycles. The molecule has 0 aliphatic heterocycles. The van der Waals surface area contributed by atoms with Gasteiger partial charge in [0.1, 0.15) is 16.8 Å². The van der Waals surface area contributed by atoms with Gasteiger partial charge in [-0.1, -0.05) is 11.6 Å². The normalized spacial score (nSPS) is 15.1. The fourth-order valence-electron chi connectivity index (χ4n) is 1.54. The minimum atomic E-state index is 0.236. The zero-order chi connectivity index (χ0) is 11.0. The quantitative estimate of drug-likeness (QED) is 0.582. The summed E-state index contributed by atoms with van der Waals surface area (Å²) in [5.41, 5.74) is 0.386. The van der Waals surface area contributed by atoms with E-state index in [1.165, 1.54) is 0 Å². The van der Waals surface area contributed by atoms with Gasteiger partial charge in [-0.3, -0.25) is 4.79 Å². The summed E-state index contributed by atoms with van der Waals surface area (Å²) in [4.78, 5) is 21.1. The highest BCUT2D eigenvalue weighted by Crippen LogP contribution is 2.32. The van der Waals surface area contributed by atoms with Gasteiger partial charge in [-0.15, -0.1) is 0 Å². The number of anilines is 1. The monoisotopic (exact) mass is 225 g/mol. The first kappa shape index (κ1) is 10.4. The van der Waals surface area contributed by atoms with Gasteiger partial charge in [-0.05, 0) is 19.8 Å². The topological polar surface area (TPSA) is 46.1 Å². The molecule has 4 nitrogen and oxygen atoms in total. The summed E-state index contributed by atoms with van der Waals surface area (Å²) in [6.07, 6.45) is 3.01. The average molecular weight is 226 g/mol. The van der Waals surface area contributed by atoms with E-state index in [0.717, 1.165) is 19.1 Å². The van der Waals surface area contributed by atoms with Gasteiger partial charge in [-0.2, -0.15) is 0 Å². The second kappa shape index (κ2) is 3.77. The lowest BCUT2D eigenvalue weighted by atomic mass is 10.3. The van der Waals surface area contributed by atoms with Crippen molar-refractivity contribution in [1.82, 2.24) is 9.97 Å². The minimum Gasteiger partial charge on any atom is -0.356 e. The molecular formula is C10H12ClN3O. The molecule has 1 aromatic rings. The van der Waals surface area contributed by atoms with Crippen molar-refractivity contribution in [1.29, 1.82) is 0 Å². The van der Waals surface area contributed by atoms with E-state index in [4.69, 9.17) is 11.6 Å². The van der Waals surface area contributed by atoms with Crippen LogP contribution in [0.25, 0.3) is 0 Å². The van der Waals surface area contributed by atoms with Crippen LogP contribution < -0.4 is 4.90 Å². The summed E-state index contributed by atoms with van der Waals surface area (Å²) in [5, 5.41) is 0.236. The molecule has 1 aliphatic carbocycles. The molecule has 1 heterocycles. The Morgan fingerprint density at radius 1 is 1.47 bits per heavy atom. The maximum atomic E-state index is 10.9. The Kier molecular flexibility index (Phi) is 2.61. The number of carbonyl (C=O) groups is 1. The van der Waals surface area contributed by atoms with E-state index in [1.54, 1.807) is 6.92 Å². The number of hydrogen-bond donors (Lipinski definition) is 0. The third-order valence-electron chi connectivity index (χ3n) is 2.54. The predicted molar refractivity (Wildman–Crippen MR) is 58.6 cm³/mol. The van der Waals surface area contributed by atoms with Gasteiger partial charge in [0, 0.05) is 13.1 Å². The van der Waals surface area contributed by atoms with Gasteiger partial charge in [0.2, 0.25) is 0 Å². The van der Waals surface area contributed by atoms with Crippen LogP contribution in [0.5, 0.6) is 0 Å². The Morgan fingerprint density at radius 3 is 2.67 bits per heavy atom. The molecule has 0 spiro atoms. The number of carbonyl (C=O) groups excluding carboxylic acids is 1. The van der Waals surface area contributed by atoms with Crippen LogP contribution in [0, 0.1) is 6.92 Å². The molecule has 0 amide bonds. The number of halogens is 1. The summed E-state index contributed by atoms with van der Waals surface area (Å²) < 4.78 is 0. The fraction of sp³-hybridized carbons (Fsp3) is 0.500. The Labute approximate surface area is 93.3 Å². The lowest BCUT2D eigenvalue weighted by Crippen LogP contribution is -2.23. The molecule has 1 fully saturated rings. The van der Waals surface area contributed by atoms with Crippen molar-refractivity contribution in [2.75, 3.05) is 11.9 Å². The standard InChI is InChI=1S/C10H12ClN3O/c1-6-12-9(11)8(5-15)10(13-6)14(2)7-3-4-7/h5,7H,3-4H2,1-2H3. The van der Waals surface area contributed by atoms with Crippen LogP contribution in [0.2, 0.25) is 5.15 Å². The molecule has 0 atom stereocenters. The minimum absolute atomic E-state index is 0.236. The van der Waals surface area contributed by atoms with Gasteiger partial charge in [0.15, 0.2) is 6.29 Å². The molecular weight excluding hydrogens is 214 g/mol. The van der Waals surface area contributed by atoms with E-state index in [-0.39, 0.29) is 5.15 Å². The number of nitrogens with zero attached hydrogens (tertiary/aromatic N) is 3. The number of aryl methyl sites for hydroxylation is 1. The van der Waals surface area contributed by atoms with Gasteiger partial charge in [0.25, 0.3) is 0 Å². The average Bonchev–Trinajstić information content (AvgIpc) is 2.98. The molecule has 0 bridgehead atoms. The zero-order valence-electron chi connectivity index (χ0n) is 8.70. The second-order valence-electron chi connectivity index (χ2n) is 3.76. The summed E-state index contributed by atoms with van der Waals surface area (Å²) in [6, 6.07) is 0.495. The van der Waals surface area contributed by atoms with Crippen molar-refractivity contribution in [3.05, 3.63) is 16.5 Å².